The molecule has 2 aromatic rings. The number of rotatable bonds is 4. The van der Waals surface area contributed by atoms with Crippen molar-refractivity contribution in [2.75, 3.05) is 21.3 Å². The van der Waals surface area contributed by atoms with Crippen molar-refractivity contribution in [1.82, 2.24) is 4.98 Å². The Bertz CT molecular complexity index is 667. The Morgan fingerprint density at radius 1 is 1.05 bits per heavy atom. The number of aromatic nitrogens is 1. The van der Waals surface area contributed by atoms with E-state index in [0.29, 0.717) is 22.8 Å². The highest BCUT2D eigenvalue weighted by atomic mass is 16.5. The highest BCUT2D eigenvalue weighted by molar-refractivity contribution is 5.91. The second kappa shape index (κ2) is 6.26. The van der Waals surface area contributed by atoms with Gasteiger partial charge >= 0.3 is 5.97 Å². The average Bonchev–Trinajstić information content (AvgIpc) is 2.53. The monoisotopic (exact) mass is 287 g/mol. The van der Waals surface area contributed by atoms with E-state index in [1.54, 1.807) is 39.3 Å². The van der Waals surface area contributed by atoms with Crippen LogP contribution in [0.25, 0.3) is 11.3 Å². The summed E-state index contributed by atoms with van der Waals surface area (Å²) in [4.78, 5) is 16.0. The zero-order valence-electron chi connectivity index (χ0n) is 12.5. The van der Waals surface area contributed by atoms with Crippen molar-refractivity contribution in [3.8, 4) is 22.8 Å². The summed E-state index contributed by atoms with van der Waals surface area (Å²) in [7, 11) is 4.54. The molecule has 1 aromatic carbocycles. The smallest absolute Gasteiger partial charge is 0.339 e. The second-order valence-corrected chi connectivity index (χ2v) is 4.39. The van der Waals surface area contributed by atoms with E-state index >= 15 is 0 Å². The first-order chi connectivity index (χ1) is 10.1. The lowest BCUT2D eigenvalue weighted by Gasteiger charge is -2.11. The fourth-order valence-corrected chi connectivity index (χ4v) is 2.05. The van der Waals surface area contributed by atoms with Crippen molar-refractivity contribution < 1.29 is 19.0 Å². The van der Waals surface area contributed by atoms with Gasteiger partial charge in [0.1, 0.15) is 11.5 Å². The van der Waals surface area contributed by atoms with Gasteiger partial charge in [-0.15, -0.1) is 0 Å². The van der Waals surface area contributed by atoms with Crippen molar-refractivity contribution in [1.29, 1.82) is 0 Å². The molecule has 1 heterocycles. The number of benzene rings is 1. The minimum Gasteiger partial charge on any atom is -0.497 e. The molecule has 0 saturated carbocycles. The lowest BCUT2D eigenvalue weighted by atomic mass is 10.1. The van der Waals surface area contributed by atoms with Crippen LogP contribution >= 0.6 is 0 Å². The maximum Gasteiger partial charge on any atom is 0.339 e. The molecular formula is C16H17NO4. The molecule has 21 heavy (non-hydrogen) atoms. The lowest BCUT2D eigenvalue weighted by Crippen LogP contribution is -2.05. The molecule has 1 aromatic heterocycles. The zero-order valence-corrected chi connectivity index (χ0v) is 12.5. The van der Waals surface area contributed by atoms with Crippen molar-refractivity contribution in [2.45, 2.75) is 6.92 Å². The minimum atomic E-state index is -0.395. The number of hydrogen-bond donors (Lipinski definition) is 0. The molecule has 0 N–H and O–H groups in total. The number of pyridine rings is 1. The predicted molar refractivity (Wildman–Crippen MR) is 78.9 cm³/mol. The largest absolute Gasteiger partial charge is 0.497 e. The van der Waals surface area contributed by atoms with Gasteiger partial charge in [-0.2, -0.15) is 0 Å². The van der Waals surface area contributed by atoms with E-state index in [1.807, 2.05) is 12.1 Å². The van der Waals surface area contributed by atoms with Crippen LogP contribution in [-0.4, -0.2) is 32.3 Å². The molecule has 0 bridgehead atoms. The summed E-state index contributed by atoms with van der Waals surface area (Å²) in [6.07, 6.45) is 0. The molecule has 0 aliphatic heterocycles. The van der Waals surface area contributed by atoms with Crippen molar-refractivity contribution in [3.05, 3.63) is 41.6 Å². The van der Waals surface area contributed by atoms with Gasteiger partial charge in [-0.25, -0.2) is 4.79 Å². The van der Waals surface area contributed by atoms with Crippen LogP contribution in [0.5, 0.6) is 11.5 Å². The molecule has 0 atom stereocenters. The number of aryl methyl sites for hydroxylation is 1. The highest BCUT2D eigenvalue weighted by Gasteiger charge is 2.14. The summed E-state index contributed by atoms with van der Waals surface area (Å²) in [5.74, 6) is 0.971. The molecule has 0 aliphatic rings. The van der Waals surface area contributed by atoms with Crippen LogP contribution in [0, 0.1) is 6.92 Å². The van der Waals surface area contributed by atoms with Crippen LogP contribution in [0.4, 0.5) is 0 Å². The van der Waals surface area contributed by atoms with Gasteiger partial charge in [0.2, 0.25) is 0 Å². The number of ether oxygens (including phenoxy) is 3. The first-order valence-corrected chi connectivity index (χ1v) is 6.39. The third kappa shape index (κ3) is 2.97. The van der Waals surface area contributed by atoms with Crippen LogP contribution in [0.2, 0.25) is 0 Å². The summed E-state index contributed by atoms with van der Waals surface area (Å²) in [6, 6.07) is 8.97. The summed E-state index contributed by atoms with van der Waals surface area (Å²) < 4.78 is 15.3. The summed E-state index contributed by atoms with van der Waals surface area (Å²) >= 11 is 0. The number of methoxy groups -OCH3 is 3. The maximum absolute atomic E-state index is 11.6. The summed E-state index contributed by atoms with van der Waals surface area (Å²) in [5, 5.41) is 0. The lowest BCUT2D eigenvalue weighted by molar-refractivity contribution is 0.0599. The van der Waals surface area contributed by atoms with Gasteiger partial charge < -0.3 is 14.2 Å². The van der Waals surface area contributed by atoms with Crippen LogP contribution in [-0.2, 0) is 4.74 Å². The van der Waals surface area contributed by atoms with Gasteiger partial charge in [0.05, 0.1) is 38.3 Å². The van der Waals surface area contributed by atoms with Crippen LogP contribution in [0.15, 0.2) is 30.3 Å². The van der Waals surface area contributed by atoms with Crippen molar-refractivity contribution >= 4 is 5.97 Å². The molecular weight excluding hydrogens is 270 g/mol. The van der Waals surface area contributed by atoms with Crippen LogP contribution in [0.3, 0.4) is 0 Å². The van der Waals surface area contributed by atoms with Crippen LogP contribution < -0.4 is 9.47 Å². The Hall–Kier alpha value is -2.56. The van der Waals surface area contributed by atoms with E-state index in [2.05, 4.69) is 4.98 Å². The highest BCUT2D eigenvalue weighted by Crippen LogP contribution is 2.32. The molecule has 0 spiro atoms. The SMILES string of the molecule is COC(=O)c1ccc(-c2ccc(OC)cc2OC)nc1C. The Morgan fingerprint density at radius 3 is 2.38 bits per heavy atom. The van der Waals surface area contributed by atoms with Crippen molar-refractivity contribution in [2.24, 2.45) is 0 Å². The second-order valence-electron chi connectivity index (χ2n) is 4.39. The zero-order chi connectivity index (χ0) is 15.4. The van der Waals surface area contributed by atoms with Gasteiger partial charge in [-0.05, 0) is 31.2 Å². The molecule has 0 aliphatic carbocycles. The van der Waals surface area contributed by atoms with E-state index in [1.165, 1.54) is 7.11 Å². The molecule has 5 heteroatoms. The third-order valence-electron chi connectivity index (χ3n) is 3.18. The Morgan fingerprint density at radius 2 is 1.81 bits per heavy atom. The molecule has 110 valence electrons. The molecule has 5 nitrogen and oxygen atoms in total. The molecule has 0 radical (unpaired) electrons. The quantitative estimate of drug-likeness (QED) is 0.809. The maximum atomic E-state index is 11.6. The van der Waals surface area contributed by atoms with E-state index < -0.39 is 5.97 Å². The van der Waals surface area contributed by atoms with Gasteiger partial charge in [-0.3, -0.25) is 4.98 Å². The van der Waals surface area contributed by atoms with Gasteiger partial charge in [0.15, 0.2) is 0 Å². The van der Waals surface area contributed by atoms with Gasteiger partial charge in [0, 0.05) is 11.6 Å². The molecule has 0 saturated heterocycles. The van der Waals surface area contributed by atoms with E-state index in [4.69, 9.17) is 14.2 Å². The standard InChI is InChI=1S/C16H17NO4/c1-10-12(16(18)21-4)7-8-14(17-10)13-6-5-11(19-2)9-15(13)20-3/h5-9H,1-4H3. The first kappa shape index (κ1) is 14.8. The Balaban J connectivity index is 2.47. The van der Waals surface area contributed by atoms with Crippen LogP contribution in [0.1, 0.15) is 16.1 Å². The first-order valence-electron chi connectivity index (χ1n) is 6.39. The fraction of sp³-hybridized carbons (Fsp3) is 0.250. The minimum absolute atomic E-state index is 0.395. The van der Waals surface area contributed by atoms with Gasteiger partial charge in [0.25, 0.3) is 0 Å². The third-order valence-corrected chi connectivity index (χ3v) is 3.18. The van der Waals surface area contributed by atoms with E-state index in [0.717, 1.165) is 11.3 Å². The Labute approximate surface area is 123 Å². The number of carbonyl (C=O) groups excluding carboxylic acids is 1. The number of esters is 1. The number of nitrogens with zero attached hydrogens (tertiary/aromatic N) is 1. The number of hydrogen-bond acceptors (Lipinski definition) is 5. The van der Waals surface area contributed by atoms with E-state index in [9.17, 15) is 4.79 Å². The average molecular weight is 287 g/mol. The topological polar surface area (TPSA) is 57.7 Å². The Kier molecular flexibility index (Phi) is 4.42. The predicted octanol–water partition coefficient (Wildman–Crippen LogP) is 2.86. The van der Waals surface area contributed by atoms with E-state index in [-0.39, 0.29) is 0 Å². The molecule has 0 amide bonds. The molecule has 0 unspecified atom stereocenters. The summed E-state index contributed by atoms with van der Waals surface area (Å²) in [6.45, 7) is 1.77. The van der Waals surface area contributed by atoms with Gasteiger partial charge in [-0.1, -0.05) is 0 Å². The van der Waals surface area contributed by atoms with Crippen molar-refractivity contribution in [3.63, 3.8) is 0 Å². The number of carbonyl (C=O) groups is 1. The fourth-order valence-electron chi connectivity index (χ4n) is 2.05. The summed E-state index contributed by atoms with van der Waals surface area (Å²) in [5.41, 5.74) is 2.61. The molecule has 2 rings (SSSR count). The normalized spacial score (nSPS) is 10.1. The molecule has 0 fully saturated rings.